The maximum absolute atomic E-state index is 10.9. The van der Waals surface area contributed by atoms with E-state index < -0.39 is 0 Å². The van der Waals surface area contributed by atoms with E-state index in [1.807, 2.05) is 13.0 Å². The molecule has 16 heavy (non-hydrogen) atoms. The van der Waals surface area contributed by atoms with E-state index in [-0.39, 0.29) is 5.97 Å². The van der Waals surface area contributed by atoms with E-state index in [0.717, 1.165) is 21.9 Å². The molecule has 1 rings (SSSR count). The number of esters is 1. The van der Waals surface area contributed by atoms with Crippen molar-refractivity contribution in [1.82, 2.24) is 9.97 Å². The summed E-state index contributed by atoms with van der Waals surface area (Å²) >= 11 is 4.86. The standard InChI is InChI=1S/C10H13BrN2O2S/c1-3-8-12-7(11)6-9(13-8)16-5-4-10(14)15-2/h6H,3-5H2,1-2H3. The largest absolute Gasteiger partial charge is 0.469 e. The van der Waals surface area contributed by atoms with E-state index in [0.29, 0.717) is 12.2 Å². The summed E-state index contributed by atoms with van der Waals surface area (Å²) in [5, 5.41) is 0.877. The van der Waals surface area contributed by atoms with Crippen LogP contribution in [0.5, 0.6) is 0 Å². The van der Waals surface area contributed by atoms with Gasteiger partial charge in [0.15, 0.2) is 0 Å². The van der Waals surface area contributed by atoms with Crippen molar-refractivity contribution in [3.05, 3.63) is 16.5 Å². The third-order valence-electron chi connectivity index (χ3n) is 1.82. The Kier molecular flexibility index (Phi) is 5.76. The molecular weight excluding hydrogens is 292 g/mol. The van der Waals surface area contributed by atoms with Gasteiger partial charge in [-0.25, -0.2) is 9.97 Å². The highest BCUT2D eigenvalue weighted by molar-refractivity contribution is 9.10. The molecule has 0 atom stereocenters. The van der Waals surface area contributed by atoms with Crippen LogP contribution in [0.4, 0.5) is 0 Å². The van der Waals surface area contributed by atoms with Crippen molar-refractivity contribution in [1.29, 1.82) is 0 Å². The molecular formula is C10H13BrN2O2S. The minimum Gasteiger partial charge on any atom is -0.469 e. The maximum Gasteiger partial charge on any atom is 0.306 e. The molecule has 4 nitrogen and oxygen atoms in total. The number of carbonyl (C=O) groups is 1. The summed E-state index contributed by atoms with van der Waals surface area (Å²) in [5.41, 5.74) is 0. The zero-order chi connectivity index (χ0) is 12.0. The SMILES string of the molecule is CCc1nc(Br)cc(SCCC(=O)OC)n1. The molecule has 0 aromatic carbocycles. The third-order valence-corrected chi connectivity index (χ3v) is 3.14. The zero-order valence-corrected chi connectivity index (χ0v) is 11.6. The first kappa shape index (κ1) is 13.4. The molecule has 1 heterocycles. The highest BCUT2D eigenvalue weighted by Crippen LogP contribution is 2.20. The van der Waals surface area contributed by atoms with Gasteiger partial charge in [0.25, 0.3) is 0 Å². The Hall–Kier alpha value is -0.620. The lowest BCUT2D eigenvalue weighted by Crippen LogP contribution is -2.01. The van der Waals surface area contributed by atoms with Gasteiger partial charge in [0.1, 0.15) is 15.5 Å². The van der Waals surface area contributed by atoms with Gasteiger partial charge in [0.2, 0.25) is 0 Å². The first-order valence-corrected chi connectivity index (χ1v) is 6.66. The summed E-state index contributed by atoms with van der Waals surface area (Å²) in [4.78, 5) is 19.5. The molecule has 0 radical (unpaired) electrons. The normalized spacial score (nSPS) is 10.2. The van der Waals surface area contributed by atoms with Gasteiger partial charge in [-0.05, 0) is 15.9 Å². The molecule has 0 aliphatic carbocycles. The monoisotopic (exact) mass is 304 g/mol. The summed E-state index contributed by atoms with van der Waals surface area (Å²) in [6.07, 6.45) is 1.19. The second-order valence-electron chi connectivity index (χ2n) is 2.97. The minimum atomic E-state index is -0.198. The molecule has 88 valence electrons. The van der Waals surface area contributed by atoms with E-state index >= 15 is 0 Å². The van der Waals surface area contributed by atoms with Crippen LogP contribution in [-0.4, -0.2) is 28.8 Å². The Labute approximate surface area is 107 Å². The van der Waals surface area contributed by atoms with Gasteiger partial charge >= 0.3 is 5.97 Å². The van der Waals surface area contributed by atoms with Crippen LogP contribution < -0.4 is 0 Å². The molecule has 0 saturated carbocycles. The zero-order valence-electron chi connectivity index (χ0n) is 9.20. The molecule has 0 N–H and O–H groups in total. The van der Waals surface area contributed by atoms with Crippen LogP contribution in [0.3, 0.4) is 0 Å². The lowest BCUT2D eigenvalue weighted by Gasteiger charge is -2.03. The molecule has 0 aliphatic rings. The Morgan fingerprint density at radius 3 is 2.94 bits per heavy atom. The number of nitrogens with zero attached hydrogens (tertiary/aromatic N) is 2. The second-order valence-corrected chi connectivity index (χ2v) is 4.90. The fourth-order valence-electron chi connectivity index (χ4n) is 1.01. The number of rotatable bonds is 5. The van der Waals surface area contributed by atoms with Crippen LogP contribution in [0.25, 0.3) is 0 Å². The highest BCUT2D eigenvalue weighted by Gasteiger charge is 2.04. The average Bonchev–Trinajstić information content (AvgIpc) is 2.28. The van der Waals surface area contributed by atoms with E-state index in [1.165, 1.54) is 18.9 Å². The summed E-state index contributed by atoms with van der Waals surface area (Å²) < 4.78 is 5.34. The van der Waals surface area contributed by atoms with Crippen molar-refractivity contribution in [2.45, 2.75) is 24.8 Å². The number of methoxy groups -OCH3 is 1. The first-order chi connectivity index (χ1) is 7.65. The van der Waals surface area contributed by atoms with Crippen LogP contribution >= 0.6 is 27.7 Å². The minimum absolute atomic E-state index is 0.198. The van der Waals surface area contributed by atoms with Crippen molar-refractivity contribution in [2.24, 2.45) is 0 Å². The number of halogens is 1. The van der Waals surface area contributed by atoms with Crippen LogP contribution in [0, 0.1) is 0 Å². The van der Waals surface area contributed by atoms with Gasteiger partial charge in [-0.15, -0.1) is 11.8 Å². The van der Waals surface area contributed by atoms with E-state index in [1.54, 1.807) is 0 Å². The predicted octanol–water partition coefficient (Wildman–Crippen LogP) is 2.46. The maximum atomic E-state index is 10.9. The first-order valence-electron chi connectivity index (χ1n) is 4.88. The number of ether oxygens (including phenoxy) is 1. The Balaban J connectivity index is 2.53. The molecule has 0 fully saturated rings. The molecule has 0 unspecified atom stereocenters. The molecule has 0 aliphatic heterocycles. The topological polar surface area (TPSA) is 52.1 Å². The number of carbonyl (C=O) groups excluding carboxylic acids is 1. The lowest BCUT2D eigenvalue weighted by atomic mass is 10.4. The predicted molar refractivity (Wildman–Crippen MR) is 66.5 cm³/mol. The van der Waals surface area contributed by atoms with E-state index in [4.69, 9.17) is 0 Å². The van der Waals surface area contributed by atoms with Gasteiger partial charge < -0.3 is 4.74 Å². The summed E-state index contributed by atoms with van der Waals surface area (Å²) in [5.74, 6) is 1.27. The third kappa shape index (κ3) is 4.49. The van der Waals surface area contributed by atoms with Crippen molar-refractivity contribution >= 4 is 33.7 Å². The van der Waals surface area contributed by atoms with Crippen molar-refractivity contribution in [2.75, 3.05) is 12.9 Å². The van der Waals surface area contributed by atoms with E-state index in [9.17, 15) is 4.79 Å². The summed E-state index contributed by atoms with van der Waals surface area (Å²) in [6.45, 7) is 2.00. The average molecular weight is 305 g/mol. The van der Waals surface area contributed by atoms with Gasteiger partial charge in [-0.2, -0.15) is 0 Å². The van der Waals surface area contributed by atoms with Crippen molar-refractivity contribution in [3.8, 4) is 0 Å². The van der Waals surface area contributed by atoms with Crippen molar-refractivity contribution in [3.63, 3.8) is 0 Å². The fraction of sp³-hybridized carbons (Fsp3) is 0.500. The molecule has 0 amide bonds. The van der Waals surface area contributed by atoms with Gasteiger partial charge in [0, 0.05) is 18.2 Å². The van der Waals surface area contributed by atoms with Crippen LogP contribution in [0.1, 0.15) is 19.2 Å². The molecule has 0 bridgehead atoms. The number of aryl methyl sites for hydroxylation is 1. The lowest BCUT2D eigenvalue weighted by molar-refractivity contribution is -0.140. The van der Waals surface area contributed by atoms with Gasteiger partial charge in [-0.3, -0.25) is 4.79 Å². The molecule has 1 aromatic heterocycles. The van der Waals surface area contributed by atoms with Crippen molar-refractivity contribution < 1.29 is 9.53 Å². The number of aromatic nitrogens is 2. The number of hydrogen-bond donors (Lipinski definition) is 0. The van der Waals surface area contributed by atoms with Crippen LogP contribution in [0.2, 0.25) is 0 Å². The van der Waals surface area contributed by atoms with E-state index in [2.05, 4.69) is 30.6 Å². The van der Waals surface area contributed by atoms with Gasteiger partial charge in [0.05, 0.1) is 13.5 Å². The Morgan fingerprint density at radius 1 is 1.56 bits per heavy atom. The van der Waals surface area contributed by atoms with Gasteiger partial charge in [-0.1, -0.05) is 6.92 Å². The van der Waals surface area contributed by atoms with Crippen LogP contribution in [0.15, 0.2) is 15.7 Å². The fourth-order valence-corrected chi connectivity index (χ4v) is 2.43. The molecule has 1 aromatic rings. The second kappa shape index (κ2) is 6.85. The highest BCUT2D eigenvalue weighted by atomic mass is 79.9. The number of thioether (sulfide) groups is 1. The summed E-state index contributed by atoms with van der Waals surface area (Å²) in [6, 6.07) is 1.85. The molecule has 0 saturated heterocycles. The quantitative estimate of drug-likeness (QED) is 0.475. The smallest absolute Gasteiger partial charge is 0.306 e. The molecule has 0 spiro atoms. The van der Waals surface area contributed by atoms with Crippen LogP contribution in [-0.2, 0) is 16.0 Å². The Bertz CT molecular complexity index is 374. The molecule has 6 heteroatoms. The Morgan fingerprint density at radius 2 is 2.31 bits per heavy atom. The number of hydrogen-bond acceptors (Lipinski definition) is 5. The summed E-state index contributed by atoms with van der Waals surface area (Å²) in [7, 11) is 1.39.